The van der Waals surface area contributed by atoms with E-state index >= 15 is 0 Å². The first-order valence-electron chi connectivity index (χ1n) is 8.41. The molecule has 0 radical (unpaired) electrons. The fourth-order valence-electron chi connectivity index (χ4n) is 3.05. The Balaban J connectivity index is 1.56. The predicted molar refractivity (Wildman–Crippen MR) is 103 cm³/mol. The summed E-state index contributed by atoms with van der Waals surface area (Å²) in [5.74, 6) is 0.915. The topological polar surface area (TPSA) is 83.3 Å². The molecule has 0 aliphatic carbocycles. The number of nitrogens with zero attached hydrogens (tertiary/aromatic N) is 3. The Morgan fingerprint density at radius 3 is 2.71 bits per heavy atom. The van der Waals surface area contributed by atoms with E-state index in [1.807, 2.05) is 24.3 Å². The van der Waals surface area contributed by atoms with Crippen LogP contribution in [0.25, 0.3) is 27.6 Å². The molecule has 0 fully saturated rings. The van der Waals surface area contributed by atoms with Crippen LogP contribution in [0.1, 0.15) is 5.82 Å². The minimum absolute atomic E-state index is 0.0934. The van der Waals surface area contributed by atoms with Gasteiger partial charge in [0, 0.05) is 27.5 Å². The first-order valence-corrected chi connectivity index (χ1v) is 8.78. The van der Waals surface area contributed by atoms with E-state index in [0.29, 0.717) is 27.8 Å². The maximum atomic E-state index is 11.7. The molecule has 0 unspecified atom stereocenters. The number of hydrogen-bond donors (Lipinski definition) is 0. The van der Waals surface area contributed by atoms with Gasteiger partial charge in [-0.05, 0) is 42.5 Å². The van der Waals surface area contributed by atoms with Crippen molar-refractivity contribution in [3.63, 3.8) is 0 Å². The second-order valence-corrected chi connectivity index (χ2v) is 6.54. The largest absolute Gasteiger partial charge is 0.478 e. The lowest BCUT2D eigenvalue weighted by molar-refractivity contribution is 0.291. The average molecular weight is 394 g/mol. The van der Waals surface area contributed by atoms with Gasteiger partial charge in [0.05, 0.1) is 6.26 Å². The molecule has 0 saturated heterocycles. The number of fused-ring (bicyclic) bond motifs is 2. The van der Waals surface area contributed by atoms with Crippen molar-refractivity contribution in [1.29, 1.82) is 0 Å². The summed E-state index contributed by atoms with van der Waals surface area (Å²) in [6.45, 7) is 0.0934. The second kappa shape index (κ2) is 6.54. The molecule has 3 heterocycles. The average Bonchev–Trinajstić information content (AvgIpc) is 3.35. The van der Waals surface area contributed by atoms with Crippen molar-refractivity contribution in [1.82, 2.24) is 14.8 Å². The van der Waals surface area contributed by atoms with Crippen LogP contribution in [0.15, 0.2) is 74.8 Å². The molecule has 0 atom stereocenters. The molecule has 8 heteroatoms. The lowest BCUT2D eigenvalue weighted by atomic mass is 10.1. The van der Waals surface area contributed by atoms with Crippen LogP contribution in [0.5, 0.6) is 5.75 Å². The van der Waals surface area contributed by atoms with Crippen LogP contribution in [0.3, 0.4) is 0 Å². The van der Waals surface area contributed by atoms with Crippen LogP contribution in [-0.2, 0) is 6.61 Å². The van der Waals surface area contributed by atoms with Crippen LogP contribution in [0.2, 0.25) is 5.02 Å². The van der Waals surface area contributed by atoms with Gasteiger partial charge in [-0.3, -0.25) is 4.57 Å². The van der Waals surface area contributed by atoms with Crippen LogP contribution in [0.4, 0.5) is 0 Å². The van der Waals surface area contributed by atoms with Crippen LogP contribution in [-0.4, -0.2) is 14.8 Å². The Hall–Kier alpha value is -3.58. The third kappa shape index (κ3) is 2.82. The molecular weight excluding hydrogens is 382 g/mol. The lowest BCUT2D eigenvalue weighted by Gasteiger charge is -2.10. The first kappa shape index (κ1) is 16.6. The summed E-state index contributed by atoms with van der Waals surface area (Å²) < 4.78 is 18.7. The van der Waals surface area contributed by atoms with Crippen molar-refractivity contribution in [3.05, 3.63) is 82.4 Å². The van der Waals surface area contributed by atoms with Gasteiger partial charge in [-0.15, -0.1) is 10.2 Å². The van der Waals surface area contributed by atoms with E-state index < -0.39 is 5.63 Å². The fourth-order valence-corrected chi connectivity index (χ4v) is 3.17. The predicted octanol–water partition coefficient (Wildman–Crippen LogP) is 4.35. The number of furan rings is 1. The van der Waals surface area contributed by atoms with E-state index in [2.05, 4.69) is 10.2 Å². The van der Waals surface area contributed by atoms with Gasteiger partial charge in [0.2, 0.25) is 5.75 Å². The van der Waals surface area contributed by atoms with Crippen molar-refractivity contribution in [2.24, 2.45) is 0 Å². The zero-order chi connectivity index (χ0) is 19.1. The van der Waals surface area contributed by atoms with E-state index in [0.717, 1.165) is 16.5 Å². The molecule has 0 spiro atoms. The summed E-state index contributed by atoms with van der Waals surface area (Å²) in [6.07, 6.45) is 3.15. The van der Waals surface area contributed by atoms with Crippen molar-refractivity contribution in [2.75, 3.05) is 0 Å². The maximum absolute atomic E-state index is 11.7. The number of halogens is 1. The van der Waals surface area contributed by atoms with Crippen molar-refractivity contribution in [2.45, 2.75) is 6.61 Å². The Morgan fingerprint density at radius 1 is 1.04 bits per heavy atom. The molecule has 0 amide bonds. The maximum Gasteiger partial charge on any atom is 0.336 e. The monoisotopic (exact) mass is 393 g/mol. The van der Waals surface area contributed by atoms with Crippen molar-refractivity contribution < 1.29 is 13.6 Å². The Bertz CT molecular complexity index is 1350. The number of rotatable bonds is 4. The number of benzene rings is 2. The molecular formula is C20H12ClN3O4. The summed E-state index contributed by atoms with van der Waals surface area (Å²) in [4.78, 5) is 11.7. The highest BCUT2D eigenvalue weighted by Gasteiger charge is 2.16. The molecule has 5 aromatic rings. The lowest BCUT2D eigenvalue weighted by Crippen LogP contribution is -2.06. The van der Waals surface area contributed by atoms with E-state index in [9.17, 15) is 4.79 Å². The summed E-state index contributed by atoms with van der Waals surface area (Å²) in [5, 5.41) is 10.3. The normalized spacial score (nSPS) is 11.3. The summed E-state index contributed by atoms with van der Waals surface area (Å²) >= 11 is 5.96. The number of ether oxygens (including phenoxy) is 1. The summed E-state index contributed by atoms with van der Waals surface area (Å²) in [7, 11) is 0. The van der Waals surface area contributed by atoms with E-state index in [4.69, 9.17) is 25.2 Å². The zero-order valence-corrected chi connectivity index (χ0v) is 15.1. The van der Waals surface area contributed by atoms with E-state index in [-0.39, 0.29) is 6.61 Å². The van der Waals surface area contributed by atoms with Gasteiger partial charge in [0.15, 0.2) is 17.0 Å². The SMILES string of the molecule is O=c1ccc2cc3ccoc3c(OCc3nncn3-c3ccc(Cl)cc3)c2o1. The molecule has 2 aromatic carbocycles. The minimum Gasteiger partial charge on any atom is -0.478 e. The molecule has 7 nitrogen and oxygen atoms in total. The summed E-state index contributed by atoms with van der Waals surface area (Å²) in [5.41, 5.74) is 1.21. The molecule has 0 saturated carbocycles. The van der Waals surface area contributed by atoms with Crippen LogP contribution >= 0.6 is 11.6 Å². The molecule has 0 bridgehead atoms. The van der Waals surface area contributed by atoms with Gasteiger partial charge in [-0.2, -0.15) is 0 Å². The molecule has 3 aromatic heterocycles. The highest BCUT2D eigenvalue weighted by atomic mass is 35.5. The minimum atomic E-state index is -0.465. The first-order chi connectivity index (χ1) is 13.7. The smallest absolute Gasteiger partial charge is 0.336 e. The molecule has 0 aliphatic heterocycles. The van der Waals surface area contributed by atoms with Crippen molar-refractivity contribution >= 4 is 33.5 Å². The fraction of sp³-hybridized carbons (Fsp3) is 0.0500. The van der Waals surface area contributed by atoms with Gasteiger partial charge < -0.3 is 13.6 Å². The van der Waals surface area contributed by atoms with Crippen molar-refractivity contribution in [3.8, 4) is 11.4 Å². The molecule has 0 N–H and O–H groups in total. The van der Waals surface area contributed by atoms with E-state index in [1.165, 1.54) is 6.07 Å². The Labute approximate surface area is 162 Å². The number of aromatic nitrogens is 3. The molecule has 0 aliphatic rings. The highest BCUT2D eigenvalue weighted by molar-refractivity contribution is 6.30. The zero-order valence-electron chi connectivity index (χ0n) is 14.3. The van der Waals surface area contributed by atoms with Gasteiger partial charge in [0.25, 0.3) is 0 Å². The Kier molecular flexibility index (Phi) is 3.87. The quantitative estimate of drug-likeness (QED) is 0.422. The molecule has 138 valence electrons. The molecule has 5 rings (SSSR count). The Morgan fingerprint density at radius 2 is 1.86 bits per heavy atom. The van der Waals surface area contributed by atoms with Gasteiger partial charge in [0.1, 0.15) is 12.9 Å². The van der Waals surface area contributed by atoms with Crippen LogP contribution in [0, 0.1) is 0 Å². The van der Waals surface area contributed by atoms with Crippen LogP contribution < -0.4 is 10.4 Å². The summed E-state index contributed by atoms with van der Waals surface area (Å²) in [6, 6.07) is 14.0. The third-order valence-electron chi connectivity index (χ3n) is 4.35. The van der Waals surface area contributed by atoms with Gasteiger partial charge in [-0.25, -0.2) is 4.79 Å². The van der Waals surface area contributed by atoms with Gasteiger partial charge >= 0.3 is 5.63 Å². The van der Waals surface area contributed by atoms with Gasteiger partial charge in [-0.1, -0.05) is 11.6 Å². The standard InChI is InChI=1S/C20H12ClN3O4/c21-14-2-4-15(5-3-14)24-11-22-23-16(24)10-27-20-18-13(7-8-26-18)9-12-1-6-17(25)28-19(12)20/h1-9,11H,10H2. The highest BCUT2D eigenvalue weighted by Crippen LogP contribution is 2.35. The number of hydrogen-bond acceptors (Lipinski definition) is 6. The van der Waals surface area contributed by atoms with E-state index in [1.54, 1.807) is 35.4 Å². The second-order valence-electron chi connectivity index (χ2n) is 6.10. The third-order valence-corrected chi connectivity index (χ3v) is 4.60. The molecule has 28 heavy (non-hydrogen) atoms.